The van der Waals surface area contributed by atoms with Gasteiger partial charge in [0.2, 0.25) is 5.91 Å². The molecule has 33 heavy (non-hydrogen) atoms. The van der Waals surface area contributed by atoms with Crippen LogP contribution in [-0.2, 0) is 4.79 Å². The number of benzene rings is 1. The lowest BCUT2D eigenvalue weighted by Gasteiger charge is -2.44. The second-order valence-corrected chi connectivity index (χ2v) is 8.96. The lowest BCUT2D eigenvalue weighted by Crippen LogP contribution is -2.57. The van der Waals surface area contributed by atoms with Gasteiger partial charge in [0.15, 0.2) is 0 Å². The highest BCUT2D eigenvalue weighted by molar-refractivity contribution is 5.89. The van der Waals surface area contributed by atoms with Gasteiger partial charge in [-0.15, -0.1) is 10.2 Å². The highest BCUT2D eigenvalue weighted by Crippen LogP contribution is 2.30. The molecule has 1 atom stereocenters. The third-order valence-electron chi connectivity index (χ3n) is 6.39. The van der Waals surface area contributed by atoms with Gasteiger partial charge in [-0.2, -0.15) is 0 Å². The predicted octanol–water partition coefficient (Wildman–Crippen LogP) is 3.50. The summed E-state index contributed by atoms with van der Waals surface area (Å²) in [7, 11) is 3.47. The number of amides is 2. The van der Waals surface area contributed by atoms with Crippen LogP contribution in [0.3, 0.4) is 0 Å². The molecule has 0 radical (unpaired) electrons. The van der Waals surface area contributed by atoms with E-state index in [0.29, 0.717) is 13.1 Å². The van der Waals surface area contributed by atoms with Gasteiger partial charge in [-0.1, -0.05) is 19.3 Å². The Bertz CT molecular complexity index is 1010. The van der Waals surface area contributed by atoms with Crippen molar-refractivity contribution in [2.24, 2.45) is 5.92 Å². The first-order valence-electron chi connectivity index (χ1n) is 11.4. The van der Waals surface area contributed by atoms with E-state index in [9.17, 15) is 18.4 Å². The Morgan fingerprint density at radius 2 is 1.82 bits per heavy atom. The largest absolute Gasteiger partial charge is 0.412 e. The summed E-state index contributed by atoms with van der Waals surface area (Å²) in [6.07, 6.45) is 6.40. The summed E-state index contributed by atoms with van der Waals surface area (Å²) in [6.45, 7) is 1.08. The first-order valence-corrected chi connectivity index (χ1v) is 11.4. The van der Waals surface area contributed by atoms with E-state index in [1.807, 2.05) is 5.01 Å². The fourth-order valence-electron chi connectivity index (χ4n) is 4.75. The molecule has 0 unspecified atom stereocenters. The molecule has 1 aromatic heterocycles. The van der Waals surface area contributed by atoms with Crippen LogP contribution in [0.4, 0.5) is 8.78 Å². The average Bonchev–Trinajstić information content (AvgIpc) is 3.29. The molecule has 0 bridgehead atoms. The van der Waals surface area contributed by atoms with Crippen molar-refractivity contribution in [3.05, 3.63) is 35.7 Å². The SMILES string of the molecule is CN(C)C(=O)[C@H]1CCCN(N(C(=O)c2nnc(-c3ccc(F)cc3F)o2)C2CCCCC2)C1. The molecule has 2 heterocycles. The Balaban J connectivity index is 1.60. The topological polar surface area (TPSA) is 82.8 Å². The lowest BCUT2D eigenvalue weighted by atomic mass is 9.94. The first-order chi connectivity index (χ1) is 15.8. The van der Waals surface area contributed by atoms with Crippen LogP contribution in [0.25, 0.3) is 11.5 Å². The minimum atomic E-state index is -0.845. The summed E-state index contributed by atoms with van der Waals surface area (Å²) >= 11 is 0. The van der Waals surface area contributed by atoms with Crippen molar-refractivity contribution < 1.29 is 22.8 Å². The van der Waals surface area contributed by atoms with E-state index in [2.05, 4.69) is 10.2 Å². The molecule has 4 rings (SSSR count). The third kappa shape index (κ3) is 5.05. The van der Waals surface area contributed by atoms with E-state index >= 15 is 0 Å². The Hall–Kier alpha value is -2.88. The van der Waals surface area contributed by atoms with Gasteiger partial charge in [-0.25, -0.2) is 13.8 Å². The molecule has 178 valence electrons. The van der Waals surface area contributed by atoms with Crippen LogP contribution in [0.15, 0.2) is 22.6 Å². The van der Waals surface area contributed by atoms with Crippen molar-refractivity contribution >= 4 is 11.8 Å². The van der Waals surface area contributed by atoms with E-state index in [0.717, 1.165) is 57.1 Å². The molecule has 2 amide bonds. The fraction of sp³-hybridized carbons (Fsp3) is 0.565. The van der Waals surface area contributed by atoms with Crippen LogP contribution in [0, 0.1) is 17.6 Å². The maximum absolute atomic E-state index is 14.2. The molecule has 0 N–H and O–H groups in total. The lowest BCUT2D eigenvalue weighted by molar-refractivity contribution is -0.139. The second kappa shape index (κ2) is 9.94. The van der Waals surface area contributed by atoms with Crippen molar-refractivity contribution in [1.29, 1.82) is 0 Å². The predicted molar refractivity (Wildman–Crippen MR) is 116 cm³/mol. The van der Waals surface area contributed by atoms with Crippen molar-refractivity contribution in [3.8, 4) is 11.5 Å². The number of hydrogen-bond acceptors (Lipinski definition) is 6. The molecule has 1 aliphatic heterocycles. The Kier molecular flexibility index (Phi) is 7.02. The molecule has 1 saturated carbocycles. The molecule has 2 aliphatic rings. The summed E-state index contributed by atoms with van der Waals surface area (Å²) in [5.74, 6) is -2.60. The van der Waals surface area contributed by atoms with Crippen LogP contribution in [0.1, 0.15) is 55.6 Å². The standard InChI is InChI=1S/C23H29F2N5O3/c1-28(2)22(31)15-7-6-12-29(14-15)30(17-8-4-3-5-9-17)23(32)21-27-26-20(33-21)18-11-10-16(24)13-19(18)25/h10-11,13,15,17H,3-9,12,14H2,1-2H3/t15-/m0/s1. The van der Waals surface area contributed by atoms with Crippen molar-refractivity contribution in [3.63, 3.8) is 0 Å². The number of carbonyl (C=O) groups excluding carboxylic acids is 2. The molecule has 1 aromatic carbocycles. The summed E-state index contributed by atoms with van der Waals surface area (Å²) in [5, 5.41) is 11.3. The van der Waals surface area contributed by atoms with Gasteiger partial charge in [-0.3, -0.25) is 14.6 Å². The average molecular weight is 462 g/mol. The maximum Gasteiger partial charge on any atom is 0.325 e. The molecule has 8 nitrogen and oxygen atoms in total. The molecule has 1 saturated heterocycles. The normalized spacial score (nSPS) is 19.9. The van der Waals surface area contributed by atoms with E-state index < -0.39 is 17.5 Å². The van der Waals surface area contributed by atoms with E-state index in [4.69, 9.17) is 4.42 Å². The number of aromatic nitrogens is 2. The Labute approximate surface area is 191 Å². The number of nitrogens with zero attached hydrogens (tertiary/aromatic N) is 5. The summed E-state index contributed by atoms with van der Waals surface area (Å²) < 4.78 is 33.0. The maximum atomic E-state index is 14.2. The summed E-state index contributed by atoms with van der Waals surface area (Å²) in [5.41, 5.74) is -0.0678. The van der Waals surface area contributed by atoms with E-state index in [1.54, 1.807) is 24.0 Å². The number of hydrogen-bond donors (Lipinski definition) is 0. The molecule has 1 aliphatic carbocycles. The Morgan fingerprint density at radius 1 is 1.06 bits per heavy atom. The summed E-state index contributed by atoms with van der Waals surface area (Å²) in [6, 6.07) is 2.99. The monoisotopic (exact) mass is 461 g/mol. The number of piperidine rings is 1. The fourth-order valence-corrected chi connectivity index (χ4v) is 4.75. The number of halogens is 2. The molecular formula is C23H29F2N5O3. The van der Waals surface area contributed by atoms with Crippen LogP contribution < -0.4 is 0 Å². The zero-order valence-corrected chi connectivity index (χ0v) is 19.0. The van der Waals surface area contributed by atoms with Gasteiger partial charge in [0.05, 0.1) is 11.5 Å². The van der Waals surface area contributed by atoms with Gasteiger partial charge in [0, 0.05) is 39.3 Å². The minimum absolute atomic E-state index is 0.0302. The highest BCUT2D eigenvalue weighted by atomic mass is 19.1. The Morgan fingerprint density at radius 3 is 2.52 bits per heavy atom. The molecule has 2 aromatic rings. The zero-order chi connectivity index (χ0) is 23.5. The zero-order valence-electron chi connectivity index (χ0n) is 19.0. The van der Waals surface area contributed by atoms with Crippen LogP contribution in [0.2, 0.25) is 0 Å². The van der Waals surface area contributed by atoms with Crippen molar-refractivity contribution in [2.75, 3.05) is 27.2 Å². The first kappa shape index (κ1) is 23.3. The summed E-state index contributed by atoms with van der Waals surface area (Å²) in [4.78, 5) is 27.8. The minimum Gasteiger partial charge on any atom is -0.412 e. The van der Waals surface area contributed by atoms with Crippen LogP contribution >= 0.6 is 0 Å². The smallest absolute Gasteiger partial charge is 0.325 e. The molecule has 10 heteroatoms. The highest BCUT2D eigenvalue weighted by Gasteiger charge is 2.38. The van der Waals surface area contributed by atoms with Crippen LogP contribution in [-0.4, -0.2) is 70.2 Å². The van der Waals surface area contributed by atoms with Crippen molar-refractivity contribution in [2.45, 2.75) is 51.0 Å². The van der Waals surface area contributed by atoms with Gasteiger partial charge < -0.3 is 9.32 Å². The number of hydrazine groups is 1. The van der Waals surface area contributed by atoms with Crippen LogP contribution in [0.5, 0.6) is 0 Å². The van der Waals surface area contributed by atoms with Gasteiger partial charge >= 0.3 is 11.8 Å². The second-order valence-electron chi connectivity index (χ2n) is 8.96. The van der Waals surface area contributed by atoms with Crippen molar-refractivity contribution in [1.82, 2.24) is 25.1 Å². The third-order valence-corrected chi connectivity index (χ3v) is 6.39. The number of rotatable bonds is 5. The number of carbonyl (C=O) groups is 2. The van der Waals surface area contributed by atoms with Gasteiger partial charge in [0.1, 0.15) is 11.6 Å². The quantitative estimate of drug-likeness (QED) is 0.678. The molecule has 0 spiro atoms. The van der Waals surface area contributed by atoms with E-state index in [1.165, 1.54) is 6.07 Å². The van der Waals surface area contributed by atoms with Gasteiger partial charge in [-0.05, 0) is 37.8 Å². The molecular weight excluding hydrogens is 432 g/mol. The van der Waals surface area contributed by atoms with Gasteiger partial charge in [0.25, 0.3) is 5.89 Å². The van der Waals surface area contributed by atoms with E-state index in [-0.39, 0.29) is 35.2 Å². The molecule has 2 fully saturated rings.